The number of hydrogen-bond donors (Lipinski definition) is 2. The SMILES string of the molecule is CCC(=O)Oc1ccc(CC(N)(C[C@H](C)OC(=O)C(C)C(C)C)C(=O)O)cc1OC(=O)CC. The van der Waals surface area contributed by atoms with Gasteiger partial charge in [-0.15, -0.1) is 0 Å². The summed E-state index contributed by atoms with van der Waals surface area (Å²) in [7, 11) is 0. The number of carboxylic acids is 1. The molecule has 1 aromatic carbocycles. The van der Waals surface area contributed by atoms with Gasteiger partial charge >= 0.3 is 23.9 Å². The van der Waals surface area contributed by atoms with Crippen LogP contribution in [0, 0.1) is 11.8 Å². The summed E-state index contributed by atoms with van der Waals surface area (Å²) in [4.78, 5) is 47.8. The van der Waals surface area contributed by atoms with Gasteiger partial charge in [-0.1, -0.05) is 40.7 Å². The summed E-state index contributed by atoms with van der Waals surface area (Å²) < 4.78 is 15.9. The Kier molecular flexibility index (Phi) is 10.5. The Labute approximate surface area is 194 Å². The molecule has 0 fully saturated rings. The highest BCUT2D eigenvalue weighted by Gasteiger charge is 2.37. The Morgan fingerprint density at radius 2 is 1.52 bits per heavy atom. The van der Waals surface area contributed by atoms with Gasteiger partial charge < -0.3 is 25.1 Å². The van der Waals surface area contributed by atoms with Crippen LogP contribution < -0.4 is 15.2 Å². The molecule has 9 nitrogen and oxygen atoms in total. The third-order valence-corrected chi connectivity index (χ3v) is 5.32. The van der Waals surface area contributed by atoms with Crippen LogP contribution in [0.15, 0.2) is 18.2 Å². The normalized spacial score (nSPS) is 14.7. The van der Waals surface area contributed by atoms with E-state index < -0.39 is 35.5 Å². The molecule has 3 N–H and O–H groups in total. The van der Waals surface area contributed by atoms with E-state index in [4.69, 9.17) is 19.9 Å². The molecule has 1 rings (SSSR count). The van der Waals surface area contributed by atoms with Crippen LogP contribution in [0.4, 0.5) is 0 Å². The highest BCUT2D eigenvalue weighted by molar-refractivity contribution is 5.80. The Morgan fingerprint density at radius 3 is 2.00 bits per heavy atom. The molecule has 1 aromatic rings. The molecule has 0 radical (unpaired) electrons. The fraction of sp³-hybridized carbons (Fsp3) is 0.583. The highest BCUT2D eigenvalue weighted by Crippen LogP contribution is 2.31. The average molecular weight is 466 g/mol. The van der Waals surface area contributed by atoms with Gasteiger partial charge in [-0.05, 0) is 30.5 Å². The lowest BCUT2D eigenvalue weighted by Crippen LogP contribution is -2.52. The number of esters is 3. The lowest BCUT2D eigenvalue weighted by Gasteiger charge is -2.29. The smallest absolute Gasteiger partial charge is 0.324 e. The molecule has 0 spiro atoms. The van der Waals surface area contributed by atoms with Crippen molar-refractivity contribution in [1.29, 1.82) is 0 Å². The van der Waals surface area contributed by atoms with Crippen LogP contribution in [-0.4, -0.2) is 40.6 Å². The second kappa shape index (κ2) is 12.3. The molecular formula is C24H35NO8. The molecule has 9 heteroatoms. The van der Waals surface area contributed by atoms with E-state index in [0.717, 1.165) is 0 Å². The number of benzene rings is 1. The van der Waals surface area contributed by atoms with Gasteiger partial charge in [0.15, 0.2) is 11.5 Å². The van der Waals surface area contributed by atoms with Gasteiger partial charge in [0.25, 0.3) is 0 Å². The van der Waals surface area contributed by atoms with E-state index in [1.807, 2.05) is 13.8 Å². The van der Waals surface area contributed by atoms with Crippen LogP contribution in [0.25, 0.3) is 0 Å². The fourth-order valence-electron chi connectivity index (χ4n) is 2.95. The van der Waals surface area contributed by atoms with Crippen molar-refractivity contribution < 1.29 is 38.5 Å². The fourth-order valence-corrected chi connectivity index (χ4v) is 2.95. The van der Waals surface area contributed by atoms with Crippen molar-refractivity contribution in [1.82, 2.24) is 0 Å². The number of carbonyl (C=O) groups excluding carboxylic acids is 3. The molecule has 0 bridgehead atoms. The Balaban J connectivity index is 3.12. The second-order valence-corrected chi connectivity index (χ2v) is 8.56. The monoisotopic (exact) mass is 465 g/mol. The molecule has 0 saturated carbocycles. The molecule has 184 valence electrons. The van der Waals surface area contributed by atoms with Crippen molar-refractivity contribution in [3.8, 4) is 11.5 Å². The zero-order valence-corrected chi connectivity index (χ0v) is 20.2. The molecule has 2 unspecified atom stereocenters. The number of ether oxygens (including phenoxy) is 3. The number of carboxylic acid groups (broad SMARTS) is 1. The number of rotatable bonds is 12. The predicted molar refractivity (Wildman–Crippen MR) is 121 cm³/mol. The van der Waals surface area contributed by atoms with E-state index in [9.17, 15) is 24.3 Å². The van der Waals surface area contributed by atoms with Gasteiger partial charge in [-0.2, -0.15) is 0 Å². The standard InChI is InChI=1S/C24H35NO8/c1-7-20(26)32-18-10-9-17(11-19(18)33-21(27)8-2)13-24(25,23(29)30)12-15(5)31-22(28)16(6)14(3)4/h9-11,14-16H,7-8,12-13,25H2,1-6H3,(H,29,30)/t15-,16?,24?/m0/s1. The molecule has 3 atom stereocenters. The summed E-state index contributed by atoms with van der Waals surface area (Å²) in [5.41, 5.74) is 4.91. The highest BCUT2D eigenvalue weighted by atomic mass is 16.6. The van der Waals surface area contributed by atoms with Crippen LogP contribution >= 0.6 is 0 Å². The minimum Gasteiger partial charge on any atom is -0.480 e. The van der Waals surface area contributed by atoms with Crippen LogP contribution in [0.2, 0.25) is 0 Å². The maximum Gasteiger partial charge on any atom is 0.324 e. The maximum absolute atomic E-state index is 12.2. The third-order valence-electron chi connectivity index (χ3n) is 5.32. The molecule has 33 heavy (non-hydrogen) atoms. The van der Waals surface area contributed by atoms with Crippen molar-refractivity contribution in [3.63, 3.8) is 0 Å². The minimum atomic E-state index is -1.76. The van der Waals surface area contributed by atoms with Gasteiger partial charge in [0.1, 0.15) is 11.6 Å². The van der Waals surface area contributed by atoms with Crippen molar-refractivity contribution in [2.45, 2.75) is 78.9 Å². The maximum atomic E-state index is 12.2. The quantitative estimate of drug-likeness (QED) is 0.351. The third kappa shape index (κ3) is 8.49. The van der Waals surface area contributed by atoms with Crippen molar-refractivity contribution in [2.24, 2.45) is 17.6 Å². The molecule has 0 aromatic heterocycles. The number of nitrogens with two attached hydrogens (primary N) is 1. The molecular weight excluding hydrogens is 430 g/mol. The van der Waals surface area contributed by atoms with Crippen LogP contribution in [-0.2, 0) is 30.3 Å². The van der Waals surface area contributed by atoms with Crippen LogP contribution in [0.1, 0.15) is 66.4 Å². The van der Waals surface area contributed by atoms with E-state index in [2.05, 4.69) is 0 Å². The second-order valence-electron chi connectivity index (χ2n) is 8.56. The summed E-state index contributed by atoms with van der Waals surface area (Å²) in [6, 6.07) is 4.40. The lowest BCUT2D eigenvalue weighted by molar-refractivity contribution is -0.157. The van der Waals surface area contributed by atoms with Crippen LogP contribution in [0.5, 0.6) is 11.5 Å². The molecule has 0 heterocycles. The first kappa shape index (κ1) is 28.1. The summed E-state index contributed by atoms with van der Waals surface area (Å²) >= 11 is 0. The zero-order valence-electron chi connectivity index (χ0n) is 20.2. The van der Waals surface area contributed by atoms with E-state index in [-0.39, 0.29) is 49.0 Å². The Morgan fingerprint density at radius 1 is 0.970 bits per heavy atom. The first-order chi connectivity index (χ1) is 15.3. The van der Waals surface area contributed by atoms with Gasteiger partial charge in [0.2, 0.25) is 0 Å². The van der Waals surface area contributed by atoms with Crippen molar-refractivity contribution >= 4 is 23.9 Å². The molecule has 0 amide bonds. The van der Waals surface area contributed by atoms with Crippen molar-refractivity contribution in [2.75, 3.05) is 0 Å². The van der Waals surface area contributed by atoms with Gasteiger partial charge in [0, 0.05) is 25.7 Å². The molecule has 0 aliphatic rings. The van der Waals surface area contributed by atoms with E-state index in [1.54, 1.807) is 33.8 Å². The van der Waals surface area contributed by atoms with E-state index in [1.165, 1.54) is 12.1 Å². The summed E-state index contributed by atoms with van der Waals surface area (Å²) in [5.74, 6) is -2.94. The largest absolute Gasteiger partial charge is 0.480 e. The molecule has 0 saturated heterocycles. The molecule has 0 aliphatic heterocycles. The predicted octanol–water partition coefficient (Wildman–Crippen LogP) is 3.26. The minimum absolute atomic E-state index is 0.000812. The first-order valence-electron chi connectivity index (χ1n) is 11.1. The number of hydrogen-bond acceptors (Lipinski definition) is 8. The van der Waals surface area contributed by atoms with Crippen molar-refractivity contribution in [3.05, 3.63) is 23.8 Å². The van der Waals surface area contributed by atoms with Gasteiger partial charge in [-0.3, -0.25) is 19.2 Å². The number of carbonyl (C=O) groups is 4. The zero-order chi connectivity index (χ0) is 25.3. The Bertz CT molecular complexity index is 866. The molecule has 0 aliphatic carbocycles. The number of aliphatic carboxylic acids is 1. The average Bonchev–Trinajstić information content (AvgIpc) is 2.74. The van der Waals surface area contributed by atoms with E-state index >= 15 is 0 Å². The summed E-state index contributed by atoms with van der Waals surface area (Å²) in [6.07, 6.45) is -0.779. The van der Waals surface area contributed by atoms with Crippen LogP contribution in [0.3, 0.4) is 0 Å². The summed E-state index contributed by atoms with van der Waals surface area (Å²) in [6.45, 7) is 10.4. The summed E-state index contributed by atoms with van der Waals surface area (Å²) in [5, 5.41) is 9.81. The van der Waals surface area contributed by atoms with E-state index in [0.29, 0.717) is 5.56 Å². The Hall–Kier alpha value is -2.94. The first-order valence-corrected chi connectivity index (χ1v) is 11.1. The van der Waals surface area contributed by atoms with Gasteiger partial charge in [-0.25, -0.2) is 0 Å². The topological polar surface area (TPSA) is 142 Å². The van der Waals surface area contributed by atoms with Gasteiger partial charge in [0.05, 0.1) is 5.92 Å². The lowest BCUT2D eigenvalue weighted by atomic mass is 9.86.